The molecule has 2 rings (SSSR count). The molecule has 9 nitrogen and oxygen atoms in total. The summed E-state index contributed by atoms with van der Waals surface area (Å²) in [6.45, 7) is -0.538. The number of halogens is 3. The van der Waals surface area contributed by atoms with Gasteiger partial charge in [-0.1, -0.05) is 0 Å². The molecular weight excluding hydrogens is 405 g/mol. The molecule has 1 aromatic rings. The minimum Gasteiger partial charge on any atom is -0.478 e. The van der Waals surface area contributed by atoms with Crippen LogP contribution in [0.3, 0.4) is 0 Å². The minimum absolute atomic E-state index is 0.269. The zero-order valence-electron chi connectivity index (χ0n) is 12.8. The van der Waals surface area contributed by atoms with Crippen LogP contribution >= 0.6 is 0 Å². The van der Waals surface area contributed by atoms with Gasteiger partial charge in [-0.15, -0.1) is 13.2 Å². The Balaban J connectivity index is 2.49. The molecule has 0 unspecified atom stereocenters. The van der Waals surface area contributed by atoms with Gasteiger partial charge in [0.15, 0.2) is 9.84 Å². The van der Waals surface area contributed by atoms with E-state index in [1.165, 1.54) is 0 Å². The number of hydrogen-bond donors (Lipinski definition) is 2. The fraction of sp³-hybridized carbons (Fsp3) is 0.417. The SMILES string of the molecule is O=C(O)c1ccc(OC(F)(F)F)cc1N(N1CCS(=O)(=O)CC1)[SH](=O)=O. The summed E-state index contributed by atoms with van der Waals surface area (Å²) in [6, 6.07) is 2.12. The second-order valence-electron chi connectivity index (χ2n) is 5.16. The maximum atomic E-state index is 12.4. The third-order valence-corrected chi connectivity index (χ3v) is 5.78. The first-order chi connectivity index (χ1) is 11.9. The number of hydrazine groups is 1. The Morgan fingerprint density at radius 2 is 1.81 bits per heavy atom. The average Bonchev–Trinajstić information content (AvgIpc) is 2.47. The summed E-state index contributed by atoms with van der Waals surface area (Å²) in [5, 5.41) is 10.2. The van der Waals surface area contributed by atoms with Crippen molar-refractivity contribution in [3.05, 3.63) is 23.8 Å². The molecule has 1 fully saturated rings. The molecule has 1 saturated heterocycles. The van der Waals surface area contributed by atoms with E-state index in [0.29, 0.717) is 10.5 Å². The van der Waals surface area contributed by atoms with E-state index < -0.39 is 50.1 Å². The van der Waals surface area contributed by atoms with Crippen molar-refractivity contribution in [1.29, 1.82) is 0 Å². The van der Waals surface area contributed by atoms with Crippen LogP contribution in [0.2, 0.25) is 0 Å². The van der Waals surface area contributed by atoms with Gasteiger partial charge >= 0.3 is 12.3 Å². The van der Waals surface area contributed by atoms with Crippen molar-refractivity contribution >= 4 is 32.4 Å². The summed E-state index contributed by atoms with van der Waals surface area (Å²) in [4.78, 5) is 11.3. The van der Waals surface area contributed by atoms with E-state index in [9.17, 15) is 39.9 Å². The predicted octanol–water partition coefficient (Wildman–Crippen LogP) is 0.262. The van der Waals surface area contributed by atoms with Gasteiger partial charge in [0.1, 0.15) is 5.75 Å². The van der Waals surface area contributed by atoms with Gasteiger partial charge in [-0.25, -0.2) is 31.1 Å². The molecule has 1 N–H and O–H groups in total. The number of alkyl halides is 3. The highest BCUT2D eigenvalue weighted by Crippen LogP contribution is 2.31. The van der Waals surface area contributed by atoms with Gasteiger partial charge in [0, 0.05) is 19.2 Å². The van der Waals surface area contributed by atoms with Crippen LogP contribution in [0.15, 0.2) is 18.2 Å². The Bertz CT molecular complexity index is 861. The van der Waals surface area contributed by atoms with Crippen LogP contribution in [0.1, 0.15) is 10.4 Å². The number of hydrogen-bond acceptors (Lipinski definition) is 7. The normalized spacial score (nSPS) is 17.8. The summed E-state index contributed by atoms with van der Waals surface area (Å²) in [7, 11) is -6.89. The van der Waals surface area contributed by atoms with Gasteiger partial charge in [-0.05, 0) is 12.1 Å². The number of thiol groups is 1. The Kier molecular flexibility index (Phi) is 5.67. The van der Waals surface area contributed by atoms with Gasteiger partial charge in [-0.3, -0.25) is 0 Å². The third-order valence-electron chi connectivity index (χ3n) is 3.39. The van der Waals surface area contributed by atoms with E-state index in [-0.39, 0.29) is 24.6 Å². The minimum atomic E-state index is -5.06. The summed E-state index contributed by atoms with van der Waals surface area (Å²) in [5.41, 5.74) is -1.18. The number of carboxylic acids is 1. The van der Waals surface area contributed by atoms with Crippen LogP contribution in [0.5, 0.6) is 5.75 Å². The smallest absolute Gasteiger partial charge is 0.478 e. The van der Waals surface area contributed by atoms with Crippen LogP contribution < -0.4 is 9.15 Å². The number of carboxylic acid groups (broad SMARTS) is 1. The van der Waals surface area contributed by atoms with Crippen molar-refractivity contribution < 1.29 is 44.6 Å². The zero-order valence-corrected chi connectivity index (χ0v) is 14.6. The number of anilines is 1. The second kappa shape index (κ2) is 7.28. The maximum Gasteiger partial charge on any atom is 0.573 e. The van der Waals surface area contributed by atoms with Crippen LogP contribution in [0.25, 0.3) is 0 Å². The van der Waals surface area contributed by atoms with Crippen molar-refractivity contribution in [3.8, 4) is 5.75 Å². The van der Waals surface area contributed by atoms with Crippen LogP contribution in [-0.4, -0.2) is 63.9 Å². The molecule has 1 heterocycles. The molecular formula is C12H13F3N2O7S2. The Morgan fingerprint density at radius 3 is 2.27 bits per heavy atom. The molecule has 146 valence electrons. The number of carbonyl (C=O) groups is 1. The summed E-state index contributed by atoms with van der Waals surface area (Å²) < 4.78 is 87.5. The van der Waals surface area contributed by atoms with Crippen molar-refractivity contribution in [3.63, 3.8) is 0 Å². The summed E-state index contributed by atoms with van der Waals surface area (Å²) in [5.74, 6) is -3.16. The van der Waals surface area contributed by atoms with Gasteiger partial charge in [0.25, 0.3) is 0 Å². The molecule has 0 aliphatic carbocycles. The van der Waals surface area contributed by atoms with Gasteiger partial charge in [-0.2, -0.15) is 0 Å². The van der Waals surface area contributed by atoms with Gasteiger partial charge < -0.3 is 9.84 Å². The van der Waals surface area contributed by atoms with Gasteiger partial charge in [0.05, 0.1) is 22.8 Å². The molecule has 0 spiro atoms. The third kappa shape index (κ3) is 4.98. The molecule has 0 saturated carbocycles. The first-order valence-electron chi connectivity index (χ1n) is 6.92. The van der Waals surface area contributed by atoms with E-state index in [2.05, 4.69) is 4.74 Å². The van der Waals surface area contributed by atoms with Crippen molar-refractivity contribution in [2.45, 2.75) is 6.36 Å². The molecule has 1 aromatic carbocycles. The van der Waals surface area contributed by atoms with Crippen molar-refractivity contribution in [2.75, 3.05) is 29.0 Å². The molecule has 0 radical (unpaired) electrons. The quantitative estimate of drug-likeness (QED) is 0.654. The lowest BCUT2D eigenvalue weighted by Gasteiger charge is -2.34. The average molecular weight is 418 g/mol. The van der Waals surface area contributed by atoms with Crippen LogP contribution in [0.4, 0.5) is 18.9 Å². The van der Waals surface area contributed by atoms with Crippen LogP contribution in [-0.2, 0) is 20.7 Å². The Morgan fingerprint density at radius 1 is 1.23 bits per heavy atom. The molecule has 0 bridgehead atoms. The molecule has 1 aliphatic rings. The fourth-order valence-electron chi connectivity index (χ4n) is 2.29. The summed E-state index contributed by atoms with van der Waals surface area (Å²) in [6.07, 6.45) is -5.06. The molecule has 1 aliphatic heterocycles. The van der Waals surface area contributed by atoms with E-state index in [1.54, 1.807) is 0 Å². The number of aromatic carboxylic acids is 1. The van der Waals surface area contributed by atoms with E-state index in [4.69, 9.17) is 0 Å². The Hall–Kier alpha value is -2.06. The lowest BCUT2D eigenvalue weighted by Crippen LogP contribution is -2.50. The van der Waals surface area contributed by atoms with E-state index in [1.807, 2.05) is 0 Å². The summed E-state index contributed by atoms with van der Waals surface area (Å²) >= 11 is 0. The monoisotopic (exact) mass is 418 g/mol. The van der Waals surface area contributed by atoms with Crippen molar-refractivity contribution in [2.24, 2.45) is 0 Å². The van der Waals surface area contributed by atoms with Crippen LogP contribution in [0, 0.1) is 0 Å². The highest BCUT2D eigenvalue weighted by Gasteiger charge is 2.33. The molecule has 0 atom stereocenters. The first kappa shape index (κ1) is 20.3. The number of rotatable bonds is 5. The first-order valence-corrected chi connectivity index (χ1v) is 9.87. The Labute approximate surface area is 147 Å². The number of nitrogens with zero attached hydrogens (tertiary/aromatic N) is 2. The fourth-order valence-corrected chi connectivity index (χ4v) is 4.20. The van der Waals surface area contributed by atoms with E-state index in [0.717, 1.165) is 17.1 Å². The maximum absolute atomic E-state index is 12.4. The lowest BCUT2D eigenvalue weighted by atomic mass is 10.1. The predicted molar refractivity (Wildman–Crippen MR) is 83.1 cm³/mol. The highest BCUT2D eigenvalue weighted by atomic mass is 32.2. The van der Waals surface area contributed by atoms with Gasteiger partial charge in [0.2, 0.25) is 10.9 Å². The zero-order chi connectivity index (χ0) is 19.7. The lowest BCUT2D eigenvalue weighted by molar-refractivity contribution is -0.274. The number of benzene rings is 1. The molecule has 26 heavy (non-hydrogen) atoms. The molecule has 14 heteroatoms. The molecule has 0 amide bonds. The topological polar surface area (TPSA) is 121 Å². The number of ether oxygens (including phenoxy) is 1. The van der Waals surface area contributed by atoms with E-state index >= 15 is 0 Å². The number of sulfone groups is 1. The van der Waals surface area contributed by atoms with Crippen molar-refractivity contribution in [1.82, 2.24) is 5.01 Å². The second-order valence-corrected chi connectivity index (χ2v) is 8.32. The largest absolute Gasteiger partial charge is 0.573 e. The highest BCUT2D eigenvalue weighted by molar-refractivity contribution is 7.91. The molecule has 0 aromatic heterocycles. The standard InChI is InChI=1S/C12H13F3N2O7S2/c13-12(14,15)24-8-1-2-9(11(18)19)10(7-8)17(25(20)21)16-3-5-26(22,23)6-4-16/h1-2,7,25H,3-6H2,(H,18,19).